The lowest BCUT2D eigenvalue weighted by Crippen LogP contribution is -2.37. The van der Waals surface area contributed by atoms with Crippen LogP contribution in [0, 0.1) is 36.9 Å². The van der Waals surface area contributed by atoms with E-state index in [0.717, 1.165) is 44.1 Å². The highest BCUT2D eigenvalue weighted by molar-refractivity contribution is 5.33. The summed E-state index contributed by atoms with van der Waals surface area (Å²) in [6.45, 7) is 7.15. The van der Waals surface area contributed by atoms with E-state index in [4.69, 9.17) is 5.26 Å². The molecule has 0 aliphatic carbocycles. The van der Waals surface area contributed by atoms with Crippen molar-refractivity contribution in [2.24, 2.45) is 5.92 Å². The van der Waals surface area contributed by atoms with Crippen LogP contribution < -0.4 is 0 Å². The number of hydrogen-bond donors (Lipinski definition) is 0. The van der Waals surface area contributed by atoms with Gasteiger partial charge >= 0.3 is 0 Å². The van der Waals surface area contributed by atoms with Gasteiger partial charge in [0.05, 0.1) is 11.6 Å². The Morgan fingerprint density at radius 3 is 2.92 bits per heavy atom. The van der Waals surface area contributed by atoms with E-state index in [9.17, 15) is 4.39 Å². The third kappa shape index (κ3) is 3.80. The summed E-state index contributed by atoms with van der Waals surface area (Å²) in [4.78, 5) is 6.62. The number of piperidine rings is 1. The molecule has 1 aliphatic heterocycles. The summed E-state index contributed by atoms with van der Waals surface area (Å²) in [6.07, 6.45) is 2.24. The molecule has 24 heavy (non-hydrogen) atoms. The molecule has 6 heteroatoms. The molecular weight excluding hydrogens is 305 g/mol. The zero-order valence-electron chi connectivity index (χ0n) is 14.2. The fourth-order valence-electron chi connectivity index (χ4n) is 3.43. The second kappa shape index (κ2) is 7.10. The summed E-state index contributed by atoms with van der Waals surface area (Å²) in [5.41, 5.74) is 1.11. The van der Waals surface area contributed by atoms with Crippen LogP contribution in [0.3, 0.4) is 0 Å². The maximum Gasteiger partial charge on any atom is 0.147 e. The van der Waals surface area contributed by atoms with Crippen molar-refractivity contribution < 1.29 is 4.39 Å². The van der Waals surface area contributed by atoms with E-state index in [2.05, 4.69) is 21.1 Å². The topological polar surface area (TPSA) is 57.7 Å². The van der Waals surface area contributed by atoms with Gasteiger partial charge < -0.3 is 0 Å². The maximum absolute atomic E-state index is 14.0. The highest BCUT2D eigenvalue weighted by atomic mass is 19.1. The molecule has 1 aliphatic rings. The van der Waals surface area contributed by atoms with Crippen LogP contribution in [0.5, 0.6) is 0 Å². The molecule has 5 nitrogen and oxygen atoms in total. The van der Waals surface area contributed by atoms with Gasteiger partial charge in [-0.25, -0.2) is 14.1 Å². The van der Waals surface area contributed by atoms with Gasteiger partial charge in [0.25, 0.3) is 0 Å². The Balaban J connectivity index is 1.66. The van der Waals surface area contributed by atoms with Crippen molar-refractivity contribution in [3.8, 4) is 6.07 Å². The first-order valence-corrected chi connectivity index (χ1v) is 8.34. The molecule has 0 N–H and O–H groups in total. The van der Waals surface area contributed by atoms with Gasteiger partial charge in [-0.1, -0.05) is 0 Å². The van der Waals surface area contributed by atoms with Crippen molar-refractivity contribution in [2.45, 2.75) is 39.8 Å². The Hall–Kier alpha value is -2.26. The number of nitriles is 1. The van der Waals surface area contributed by atoms with Crippen molar-refractivity contribution in [3.05, 3.63) is 46.8 Å². The Kier molecular flexibility index (Phi) is 4.91. The molecule has 126 valence electrons. The summed E-state index contributed by atoms with van der Waals surface area (Å²) in [6, 6.07) is 6.64. The Labute approximate surface area is 141 Å². The van der Waals surface area contributed by atoms with Crippen molar-refractivity contribution in [1.82, 2.24) is 19.7 Å². The quantitative estimate of drug-likeness (QED) is 0.866. The molecular formula is C18H22FN5. The van der Waals surface area contributed by atoms with Gasteiger partial charge in [-0.2, -0.15) is 10.4 Å². The van der Waals surface area contributed by atoms with Crippen molar-refractivity contribution >= 4 is 0 Å². The second-order valence-corrected chi connectivity index (χ2v) is 6.55. The van der Waals surface area contributed by atoms with Gasteiger partial charge in [0.15, 0.2) is 0 Å². The van der Waals surface area contributed by atoms with Gasteiger partial charge in [0, 0.05) is 25.2 Å². The van der Waals surface area contributed by atoms with E-state index in [-0.39, 0.29) is 5.82 Å². The summed E-state index contributed by atoms with van der Waals surface area (Å²) in [5, 5.41) is 13.4. The van der Waals surface area contributed by atoms with Crippen LogP contribution in [0.15, 0.2) is 18.2 Å². The van der Waals surface area contributed by atoms with E-state index in [0.29, 0.717) is 23.6 Å². The summed E-state index contributed by atoms with van der Waals surface area (Å²) in [7, 11) is 0. The summed E-state index contributed by atoms with van der Waals surface area (Å²) in [5.74, 6) is 1.99. The number of aromatic nitrogens is 3. The van der Waals surface area contributed by atoms with Crippen LogP contribution in [0.25, 0.3) is 0 Å². The molecule has 1 saturated heterocycles. The number of aryl methyl sites for hydroxylation is 2. The fraction of sp³-hybridized carbons (Fsp3) is 0.500. The zero-order valence-corrected chi connectivity index (χ0v) is 14.2. The van der Waals surface area contributed by atoms with Gasteiger partial charge in [0.1, 0.15) is 17.5 Å². The molecule has 0 unspecified atom stereocenters. The molecule has 0 bridgehead atoms. The predicted molar refractivity (Wildman–Crippen MR) is 88.6 cm³/mol. The molecule has 0 spiro atoms. The first-order valence-electron chi connectivity index (χ1n) is 8.34. The van der Waals surface area contributed by atoms with Crippen molar-refractivity contribution in [1.29, 1.82) is 5.26 Å². The van der Waals surface area contributed by atoms with E-state index in [1.165, 1.54) is 12.1 Å². The second-order valence-electron chi connectivity index (χ2n) is 6.55. The molecule has 0 saturated carbocycles. The average molecular weight is 327 g/mol. The number of hydrogen-bond acceptors (Lipinski definition) is 4. The first kappa shape index (κ1) is 16.6. The summed E-state index contributed by atoms with van der Waals surface area (Å²) < 4.78 is 16.0. The summed E-state index contributed by atoms with van der Waals surface area (Å²) >= 11 is 0. The third-order valence-electron chi connectivity index (χ3n) is 4.57. The molecule has 2 heterocycles. The minimum absolute atomic E-state index is 0.237. The van der Waals surface area contributed by atoms with E-state index >= 15 is 0 Å². The highest BCUT2D eigenvalue weighted by Crippen LogP contribution is 2.22. The van der Waals surface area contributed by atoms with E-state index < -0.39 is 0 Å². The standard InChI is InChI=1S/C18H22FN5/c1-13-21-14(2)24(22-13)11-16-4-3-7-23(10-16)12-17-8-15(9-20)5-6-18(17)19/h5-6,8,16H,3-4,7,10-12H2,1-2H3/t16-/m0/s1. The van der Waals surface area contributed by atoms with Crippen LogP contribution in [0.1, 0.15) is 35.6 Å². The number of benzene rings is 1. The van der Waals surface area contributed by atoms with E-state index in [1.807, 2.05) is 18.5 Å². The third-order valence-corrected chi connectivity index (χ3v) is 4.57. The average Bonchev–Trinajstić information content (AvgIpc) is 2.87. The first-order chi connectivity index (χ1) is 11.5. The lowest BCUT2D eigenvalue weighted by Gasteiger charge is -2.32. The zero-order chi connectivity index (χ0) is 17.1. The lowest BCUT2D eigenvalue weighted by atomic mass is 9.97. The lowest BCUT2D eigenvalue weighted by molar-refractivity contribution is 0.151. The number of rotatable bonds is 4. The monoisotopic (exact) mass is 327 g/mol. The molecule has 1 fully saturated rings. The van der Waals surface area contributed by atoms with Gasteiger partial charge in [-0.3, -0.25) is 4.90 Å². The van der Waals surface area contributed by atoms with Crippen molar-refractivity contribution in [2.75, 3.05) is 13.1 Å². The molecule has 2 aromatic rings. The Bertz CT molecular complexity index is 761. The Morgan fingerprint density at radius 2 is 2.21 bits per heavy atom. The SMILES string of the molecule is Cc1nc(C)n(C[C@H]2CCCN(Cc3cc(C#N)ccc3F)C2)n1. The minimum atomic E-state index is -0.237. The molecule has 0 amide bonds. The minimum Gasteiger partial charge on any atom is -0.299 e. The van der Waals surface area contributed by atoms with Crippen LogP contribution in [0.4, 0.5) is 4.39 Å². The van der Waals surface area contributed by atoms with E-state index in [1.54, 1.807) is 6.07 Å². The van der Waals surface area contributed by atoms with Crippen LogP contribution >= 0.6 is 0 Å². The Morgan fingerprint density at radius 1 is 1.38 bits per heavy atom. The number of halogens is 1. The van der Waals surface area contributed by atoms with Gasteiger partial charge in [0.2, 0.25) is 0 Å². The van der Waals surface area contributed by atoms with Crippen LogP contribution in [-0.2, 0) is 13.1 Å². The molecule has 1 aromatic carbocycles. The molecule has 3 rings (SSSR count). The number of nitrogens with zero attached hydrogens (tertiary/aromatic N) is 5. The van der Waals surface area contributed by atoms with Gasteiger partial charge in [-0.15, -0.1) is 0 Å². The number of likely N-dealkylation sites (tertiary alicyclic amines) is 1. The predicted octanol–water partition coefficient (Wildman–Crippen LogP) is 2.82. The smallest absolute Gasteiger partial charge is 0.147 e. The highest BCUT2D eigenvalue weighted by Gasteiger charge is 2.22. The van der Waals surface area contributed by atoms with Crippen LogP contribution in [-0.4, -0.2) is 32.8 Å². The molecule has 0 radical (unpaired) electrons. The maximum atomic E-state index is 14.0. The van der Waals surface area contributed by atoms with Crippen LogP contribution in [0.2, 0.25) is 0 Å². The van der Waals surface area contributed by atoms with Crippen molar-refractivity contribution in [3.63, 3.8) is 0 Å². The molecule has 1 atom stereocenters. The normalized spacial score (nSPS) is 18.5. The molecule has 1 aromatic heterocycles. The van der Waals surface area contributed by atoms with Gasteiger partial charge in [-0.05, 0) is 57.4 Å². The largest absolute Gasteiger partial charge is 0.299 e. The fourth-order valence-corrected chi connectivity index (χ4v) is 3.43.